The summed E-state index contributed by atoms with van der Waals surface area (Å²) in [6.45, 7) is 11.6. The maximum absolute atomic E-state index is 12.3. The van der Waals surface area contributed by atoms with Gasteiger partial charge in [-0.3, -0.25) is 14.5 Å². The number of carboxylic acid groups (broad SMARTS) is 1. The van der Waals surface area contributed by atoms with E-state index in [1.165, 1.54) is 0 Å². The molecule has 0 aromatic heterocycles. The van der Waals surface area contributed by atoms with Crippen LogP contribution in [0, 0.1) is 11.8 Å². The van der Waals surface area contributed by atoms with Crippen LogP contribution in [0.3, 0.4) is 0 Å². The lowest BCUT2D eigenvalue weighted by Crippen LogP contribution is -2.53. The van der Waals surface area contributed by atoms with Gasteiger partial charge in [0.1, 0.15) is 0 Å². The Hall–Kier alpha value is -1.10. The van der Waals surface area contributed by atoms with E-state index in [4.69, 9.17) is 5.11 Å². The van der Waals surface area contributed by atoms with Gasteiger partial charge in [-0.1, -0.05) is 6.92 Å². The summed E-state index contributed by atoms with van der Waals surface area (Å²) in [5.74, 6) is -0.171. The average molecular weight is 298 g/mol. The van der Waals surface area contributed by atoms with Crippen LogP contribution in [0.5, 0.6) is 0 Å². The van der Waals surface area contributed by atoms with E-state index >= 15 is 0 Å². The van der Waals surface area contributed by atoms with Gasteiger partial charge in [-0.15, -0.1) is 0 Å². The zero-order valence-corrected chi connectivity index (χ0v) is 14.0. The molecule has 122 valence electrons. The van der Waals surface area contributed by atoms with Gasteiger partial charge in [-0.05, 0) is 58.9 Å². The molecule has 5 heteroatoms. The number of carbonyl (C=O) groups is 2. The molecule has 0 aromatic rings. The summed E-state index contributed by atoms with van der Waals surface area (Å²) in [5, 5.41) is 11.9. The fraction of sp³-hybridized carbons (Fsp3) is 0.875. The van der Waals surface area contributed by atoms with Gasteiger partial charge in [0.2, 0.25) is 5.91 Å². The minimum Gasteiger partial charge on any atom is -0.481 e. The number of likely N-dealkylation sites (tertiary alicyclic amines) is 1. The molecule has 1 aliphatic rings. The normalized spacial score (nSPS) is 23.4. The van der Waals surface area contributed by atoms with Crippen LogP contribution in [-0.4, -0.2) is 46.6 Å². The minimum atomic E-state index is -0.738. The number of carbonyl (C=O) groups excluding carboxylic acids is 1. The molecule has 1 amide bonds. The summed E-state index contributed by atoms with van der Waals surface area (Å²) in [5.41, 5.74) is -0.225. The number of nitrogens with one attached hydrogen (secondary N) is 1. The van der Waals surface area contributed by atoms with Crippen molar-refractivity contribution in [3.63, 3.8) is 0 Å². The molecule has 0 bridgehead atoms. The van der Waals surface area contributed by atoms with Gasteiger partial charge in [0, 0.05) is 18.5 Å². The monoisotopic (exact) mass is 298 g/mol. The zero-order valence-electron chi connectivity index (χ0n) is 14.0. The van der Waals surface area contributed by atoms with Crippen molar-refractivity contribution in [2.75, 3.05) is 13.1 Å². The maximum atomic E-state index is 12.3. The molecule has 5 nitrogen and oxygen atoms in total. The smallest absolute Gasteiger partial charge is 0.303 e. The Bertz CT molecular complexity index is 376. The first kappa shape index (κ1) is 18.0. The SMILES string of the molecule is CC(CC(=O)O)C1CCCN(C(C)C(=O)NC(C)(C)C)C1. The van der Waals surface area contributed by atoms with Crippen LogP contribution in [0.4, 0.5) is 0 Å². The van der Waals surface area contributed by atoms with E-state index in [1.807, 2.05) is 34.6 Å². The summed E-state index contributed by atoms with van der Waals surface area (Å²) in [6, 6.07) is -0.163. The van der Waals surface area contributed by atoms with Gasteiger partial charge in [0.25, 0.3) is 0 Å². The Balaban J connectivity index is 2.59. The highest BCUT2D eigenvalue weighted by Gasteiger charge is 2.31. The lowest BCUT2D eigenvalue weighted by atomic mass is 9.84. The molecule has 0 aliphatic carbocycles. The molecular weight excluding hydrogens is 268 g/mol. The quantitative estimate of drug-likeness (QED) is 0.815. The summed E-state index contributed by atoms with van der Waals surface area (Å²) >= 11 is 0. The first-order chi connectivity index (χ1) is 9.60. The highest BCUT2D eigenvalue weighted by molar-refractivity contribution is 5.81. The molecule has 1 heterocycles. The van der Waals surface area contributed by atoms with Crippen LogP contribution in [0.1, 0.15) is 53.9 Å². The van der Waals surface area contributed by atoms with Crippen molar-refractivity contribution in [3.05, 3.63) is 0 Å². The highest BCUT2D eigenvalue weighted by atomic mass is 16.4. The number of amides is 1. The van der Waals surface area contributed by atoms with Crippen LogP contribution in [-0.2, 0) is 9.59 Å². The van der Waals surface area contributed by atoms with E-state index in [9.17, 15) is 9.59 Å². The molecule has 3 unspecified atom stereocenters. The van der Waals surface area contributed by atoms with Crippen molar-refractivity contribution >= 4 is 11.9 Å². The number of hydrogen-bond donors (Lipinski definition) is 2. The summed E-state index contributed by atoms with van der Waals surface area (Å²) < 4.78 is 0. The standard InChI is InChI=1S/C16H30N2O3/c1-11(9-14(19)20)13-7-6-8-18(10-13)12(2)15(21)17-16(3,4)5/h11-13H,6-10H2,1-5H3,(H,17,21)(H,19,20). The summed E-state index contributed by atoms with van der Waals surface area (Å²) in [6.07, 6.45) is 2.29. The van der Waals surface area contributed by atoms with Crippen molar-refractivity contribution in [3.8, 4) is 0 Å². The van der Waals surface area contributed by atoms with Crippen LogP contribution in [0.15, 0.2) is 0 Å². The van der Waals surface area contributed by atoms with Gasteiger partial charge in [-0.2, -0.15) is 0 Å². The first-order valence-corrected chi connectivity index (χ1v) is 7.88. The van der Waals surface area contributed by atoms with Gasteiger partial charge in [0.15, 0.2) is 0 Å². The summed E-state index contributed by atoms with van der Waals surface area (Å²) in [7, 11) is 0. The Morgan fingerprint density at radius 3 is 2.48 bits per heavy atom. The Kier molecular flexibility index (Phi) is 6.20. The molecule has 0 spiro atoms. The zero-order chi connectivity index (χ0) is 16.2. The lowest BCUT2D eigenvalue weighted by molar-refractivity contribution is -0.139. The van der Waals surface area contributed by atoms with Crippen LogP contribution >= 0.6 is 0 Å². The molecule has 1 rings (SSSR count). The van der Waals surface area contributed by atoms with E-state index in [2.05, 4.69) is 10.2 Å². The third-order valence-electron chi connectivity index (χ3n) is 4.22. The van der Waals surface area contributed by atoms with E-state index in [0.29, 0.717) is 5.92 Å². The van der Waals surface area contributed by atoms with Crippen molar-refractivity contribution < 1.29 is 14.7 Å². The fourth-order valence-electron chi connectivity index (χ4n) is 2.94. The molecule has 0 radical (unpaired) electrons. The Labute approximate surface area is 128 Å². The largest absolute Gasteiger partial charge is 0.481 e. The van der Waals surface area contributed by atoms with E-state index in [1.54, 1.807) is 0 Å². The maximum Gasteiger partial charge on any atom is 0.303 e. The Morgan fingerprint density at radius 2 is 1.95 bits per heavy atom. The number of piperidine rings is 1. The fourth-order valence-corrected chi connectivity index (χ4v) is 2.94. The Morgan fingerprint density at radius 1 is 1.33 bits per heavy atom. The number of carboxylic acids is 1. The van der Waals surface area contributed by atoms with Crippen LogP contribution in [0.25, 0.3) is 0 Å². The molecule has 3 atom stereocenters. The molecule has 21 heavy (non-hydrogen) atoms. The molecule has 1 saturated heterocycles. The van der Waals surface area contributed by atoms with Gasteiger partial charge >= 0.3 is 5.97 Å². The number of rotatable bonds is 5. The second kappa shape index (κ2) is 7.25. The number of nitrogens with zero attached hydrogens (tertiary/aromatic N) is 1. The van der Waals surface area contributed by atoms with E-state index in [0.717, 1.165) is 25.9 Å². The van der Waals surface area contributed by atoms with E-state index < -0.39 is 5.97 Å². The molecule has 0 saturated carbocycles. The lowest BCUT2D eigenvalue weighted by Gasteiger charge is -2.39. The molecule has 2 N–H and O–H groups in total. The van der Waals surface area contributed by atoms with Crippen molar-refractivity contribution in [2.45, 2.75) is 65.5 Å². The molecule has 1 fully saturated rings. The van der Waals surface area contributed by atoms with Crippen LogP contribution < -0.4 is 5.32 Å². The predicted molar refractivity (Wildman–Crippen MR) is 83.1 cm³/mol. The minimum absolute atomic E-state index is 0.0500. The average Bonchev–Trinajstić information content (AvgIpc) is 2.35. The number of hydrogen-bond acceptors (Lipinski definition) is 3. The predicted octanol–water partition coefficient (Wildman–Crippen LogP) is 2.11. The van der Waals surface area contributed by atoms with Crippen LogP contribution in [0.2, 0.25) is 0 Å². The molecule has 0 aromatic carbocycles. The highest BCUT2D eigenvalue weighted by Crippen LogP contribution is 2.27. The topological polar surface area (TPSA) is 69.6 Å². The van der Waals surface area contributed by atoms with Gasteiger partial charge in [-0.25, -0.2) is 0 Å². The van der Waals surface area contributed by atoms with Crippen molar-refractivity contribution in [1.82, 2.24) is 10.2 Å². The third-order valence-corrected chi connectivity index (χ3v) is 4.22. The number of aliphatic carboxylic acids is 1. The second-order valence-electron chi connectivity index (χ2n) is 7.39. The third kappa shape index (κ3) is 6.04. The van der Waals surface area contributed by atoms with Crippen molar-refractivity contribution in [1.29, 1.82) is 0 Å². The summed E-state index contributed by atoms with van der Waals surface area (Å²) in [4.78, 5) is 25.3. The van der Waals surface area contributed by atoms with Gasteiger partial charge in [0.05, 0.1) is 6.04 Å². The van der Waals surface area contributed by atoms with Gasteiger partial charge < -0.3 is 10.4 Å². The first-order valence-electron chi connectivity index (χ1n) is 7.88. The second-order valence-corrected chi connectivity index (χ2v) is 7.39. The van der Waals surface area contributed by atoms with Crippen molar-refractivity contribution in [2.24, 2.45) is 11.8 Å². The van der Waals surface area contributed by atoms with E-state index in [-0.39, 0.29) is 29.8 Å². The molecular formula is C16H30N2O3. The molecule has 1 aliphatic heterocycles.